The van der Waals surface area contributed by atoms with Gasteiger partial charge in [-0.25, -0.2) is 4.98 Å². The third-order valence-electron chi connectivity index (χ3n) is 2.60. The van der Waals surface area contributed by atoms with Crippen molar-refractivity contribution in [3.8, 4) is 11.5 Å². The summed E-state index contributed by atoms with van der Waals surface area (Å²) >= 11 is 0. The first-order valence-electron chi connectivity index (χ1n) is 5.25. The van der Waals surface area contributed by atoms with Gasteiger partial charge in [0.05, 0.1) is 5.56 Å². The maximum atomic E-state index is 5.89. The first-order chi connectivity index (χ1) is 8.24. The van der Waals surface area contributed by atoms with E-state index < -0.39 is 0 Å². The molecule has 0 radical (unpaired) electrons. The normalized spacial score (nSPS) is 10.8. The molecule has 1 aromatic heterocycles. The van der Waals surface area contributed by atoms with Crippen LogP contribution in [0.1, 0.15) is 0 Å². The maximum Gasteiger partial charge on any atom is 0.229 e. The lowest BCUT2D eigenvalue weighted by atomic mass is 10.1. The lowest BCUT2D eigenvalue weighted by Gasteiger charge is -2.01. The smallest absolute Gasteiger partial charge is 0.229 e. The molecule has 4 heteroatoms. The molecule has 2 aromatic carbocycles. The summed E-state index contributed by atoms with van der Waals surface area (Å²) in [6.07, 6.45) is 0. The van der Waals surface area contributed by atoms with Crippen molar-refractivity contribution < 1.29 is 4.42 Å². The van der Waals surface area contributed by atoms with Crippen LogP contribution in [0.15, 0.2) is 46.9 Å². The Balaban J connectivity index is 2.23. The van der Waals surface area contributed by atoms with E-state index >= 15 is 0 Å². The summed E-state index contributed by atoms with van der Waals surface area (Å²) in [6.45, 7) is 0. The second-order valence-electron chi connectivity index (χ2n) is 3.83. The number of hydrogen-bond acceptors (Lipinski definition) is 4. The predicted octanol–water partition coefficient (Wildman–Crippen LogP) is 2.66. The van der Waals surface area contributed by atoms with Gasteiger partial charge in [0, 0.05) is 11.4 Å². The average Bonchev–Trinajstić information content (AvgIpc) is 2.75. The van der Waals surface area contributed by atoms with E-state index in [9.17, 15) is 0 Å². The van der Waals surface area contributed by atoms with E-state index in [1.165, 1.54) is 0 Å². The van der Waals surface area contributed by atoms with Crippen molar-refractivity contribution in [2.24, 2.45) is 0 Å². The van der Waals surface area contributed by atoms with E-state index in [1.54, 1.807) is 18.2 Å². The zero-order valence-corrected chi connectivity index (χ0v) is 9.05. The van der Waals surface area contributed by atoms with Crippen LogP contribution < -0.4 is 11.5 Å². The van der Waals surface area contributed by atoms with Crippen LogP contribution in [0.25, 0.3) is 22.6 Å². The maximum absolute atomic E-state index is 5.89. The third-order valence-corrected chi connectivity index (χ3v) is 2.60. The third kappa shape index (κ3) is 1.59. The molecule has 3 rings (SSSR count). The first-order valence-corrected chi connectivity index (χ1v) is 5.25. The van der Waals surface area contributed by atoms with Crippen LogP contribution in [0.5, 0.6) is 0 Å². The Morgan fingerprint density at radius 3 is 2.65 bits per heavy atom. The van der Waals surface area contributed by atoms with Crippen molar-refractivity contribution in [2.45, 2.75) is 0 Å². The quantitative estimate of drug-likeness (QED) is 0.624. The number of aromatic nitrogens is 1. The van der Waals surface area contributed by atoms with Crippen LogP contribution in [-0.2, 0) is 0 Å². The van der Waals surface area contributed by atoms with Crippen LogP contribution >= 0.6 is 0 Å². The van der Waals surface area contributed by atoms with Gasteiger partial charge in [0.1, 0.15) is 5.52 Å². The van der Waals surface area contributed by atoms with Gasteiger partial charge >= 0.3 is 0 Å². The van der Waals surface area contributed by atoms with E-state index in [2.05, 4.69) is 4.98 Å². The Morgan fingerprint density at radius 1 is 1.00 bits per heavy atom. The van der Waals surface area contributed by atoms with Gasteiger partial charge < -0.3 is 15.9 Å². The lowest BCUT2D eigenvalue weighted by Crippen LogP contribution is -1.92. The van der Waals surface area contributed by atoms with Crippen LogP contribution in [0, 0.1) is 0 Å². The van der Waals surface area contributed by atoms with Crippen molar-refractivity contribution in [1.82, 2.24) is 4.98 Å². The van der Waals surface area contributed by atoms with Crippen molar-refractivity contribution >= 4 is 22.5 Å². The molecule has 0 aliphatic rings. The van der Waals surface area contributed by atoms with Gasteiger partial charge in [-0.15, -0.1) is 0 Å². The molecule has 4 N–H and O–H groups in total. The summed E-state index contributed by atoms with van der Waals surface area (Å²) in [4.78, 5) is 4.38. The van der Waals surface area contributed by atoms with Crippen molar-refractivity contribution in [2.75, 3.05) is 11.5 Å². The second-order valence-corrected chi connectivity index (χ2v) is 3.83. The summed E-state index contributed by atoms with van der Waals surface area (Å²) in [7, 11) is 0. The molecular weight excluding hydrogens is 214 g/mol. The predicted molar refractivity (Wildman–Crippen MR) is 68.3 cm³/mol. The van der Waals surface area contributed by atoms with Crippen molar-refractivity contribution in [1.29, 1.82) is 0 Å². The summed E-state index contributed by atoms with van der Waals surface area (Å²) in [5, 5.41) is 0. The molecule has 0 saturated heterocycles. The SMILES string of the molecule is Nc1ccc(N)c(-c2nc3ccccc3o2)c1. The van der Waals surface area contributed by atoms with Crippen LogP contribution in [0.4, 0.5) is 11.4 Å². The van der Waals surface area contributed by atoms with Gasteiger partial charge in [-0.05, 0) is 30.3 Å². The van der Waals surface area contributed by atoms with Gasteiger partial charge in [0.25, 0.3) is 0 Å². The Labute approximate surface area is 97.9 Å². The number of anilines is 2. The second kappa shape index (κ2) is 3.52. The molecule has 1 heterocycles. The summed E-state index contributed by atoms with van der Waals surface area (Å²) in [5.41, 5.74) is 15.1. The molecule has 3 aromatic rings. The van der Waals surface area contributed by atoms with E-state index in [4.69, 9.17) is 15.9 Å². The number of nitrogens with two attached hydrogens (primary N) is 2. The molecule has 17 heavy (non-hydrogen) atoms. The number of hydrogen-bond donors (Lipinski definition) is 2. The lowest BCUT2D eigenvalue weighted by molar-refractivity contribution is 0.620. The number of fused-ring (bicyclic) bond motifs is 1. The largest absolute Gasteiger partial charge is 0.436 e. The monoisotopic (exact) mass is 225 g/mol. The van der Waals surface area contributed by atoms with Crippen molar-refractivity contribution in [3.05, 3.63) is 42.5 Å². The molecule has 4 nitrogen and oxygen atoms in total. The highest BCUT2D eigenvalue weighted by molar-refractivity contribution is 5.80. The minimum atomic E-state index is 0.496. The molecule has 0 bridgehead atoms. The number of rotatable bonds is 1. The molecule has 0 aliphatic carbocycles. The standard InChI is InChI=1S/C13H11N3O/c14-8-5-6-10(15)9(7-8)13-16-11-3-1-2-4-12(11)17-13/h1-7H,14-15H2. The molecule has 0 saturated carbocycles. The minimum absolute atomic E-state index is 0.496. The van der Waals surface area contributed by atoms with Crippen LogP contribution in [-0.4, -0.2) is 4.98 Å². The zero-order chi connectivity index (χ0) is 11.8. The molecule has 0 aliphatic heterocycles. The average molecular weight is 225 g/mol. The van der Waals surface area contributed by atoms with Gasteiger partial charge in [-0.1, -0.05) is 12.1 Å². The fourth-order valence-electron chi connectivity index (χ4n) is 1.75. The number of nitrogen functional groups attached to an aromatic ring is 2. The minimum Gasteiger partial charge on any atom is -0.436 e. The fourth-order valence-corrected chi connectivity index (χ4v) is 1.75. The van der Waals surface area contributed by atoms with E-state index in [0.717, 1.165) is 16.7 Å². The molecule has 0 amide bonds. The Morgan fingerprint density at radius 2 is 1.82 bits per heavy atom. The van der Waals surface area contributed by atoms with Crippen LogP contribution in [0.3, 0.4) is 0 Å². The number of nitrogens with zero attached hydrogens (tertiary/aromatic N) is 1. The Hall–Kier alpha value is -2.49. The van der Waals surface area contributed by atoms with Crippen molar-refractivity contribution in [3.63, 3.8) is 0 Å². The van der Waals surface area contributed by atoms with Gasteiger partial charge in [0.15, 0.2) is 5.58 Å². The fraction of sp³-hybridized carbons (Fsp3) is 0. The van der Waals surface area contributed by atoms with Gasteiger partial charge in [0.2, 0.25) is 5.89 Å². The van der Waals surface area contributed by atoms with Gasteiger partial charge in [-0.2, -0.15) is 0 Å². The number of para-hydroxylation sites is 2. The molecular formula is C13H11N3O. The summed E-state index contributed by atoms with van der Waals surface area (Å²) < 4.78 is 5.64. The molecule has 84 valence electrons. The first kappa shape index (κ1) is 9.72. The van der Waals surface area contributed by atoms with E-state index in [0.29, 0.717) is 17.3 Å². The van der Waals surface area contributed by atoms with Crippen LogP contribution in [0.2, 0.25) is 0 Å². The highest BCUT2D eigenvalue weighted by atomic mass is 16.3. The molecule has 0 spiro atoms. The molecule has 0 fully saturated rings. The highest BCUT2D eigenvalue weighted by Crippen LogP contribution is 2.29. The Bertz CT molecular complexity index is 655. The Kier molecular flexibility index (Phi) is 2.01. The molecule has 0 atom stereocenters. The summed E-state index contributed by atoms with van der Waals surface area (Å²) in [5.74, 6) is 0.496. The molecule has 0 unspecified atom stereocenters. The summed E-state index contributed by atoms with van der Waals surface area (Å²) in [6, 6.07) is 12.8. The number of oxazole rings is 1. The highest BCUT2D eigenvalue weighted by Gasteiger charge is 2.10. The van der Waals surface area contributed by atoms with E-state index in [1.807, 2.05) is 24.3 Å². The number of benzene rings is 2. The van der Waals surface area contributed by atoms with E-state index in [-0.39, 0.29) is 0 Å². The topological polar surface area (TPSA) is 78.1 Å². The van der Waals surface area contributed by atoms with Gasteiger partial charge in [-0.3, -0.25) is 0 Å². The zero-order valence-electron chi connectivity index (χ0n) is 9.05.